The van der Waals surface area contributed by atoms with Gasteiger partial charge in [0.2, 0.25) is 10.0 Å². The zero-order chi connectivity index (χ0) is 12.6. The molecule has 0 aliphatic rings. The predicted molar refractivity (Wildman–Crippen MR) is 60.4 cm³/mol. The van der Waals surface area contributed by atoms with E-state index in [0.717, 1.165) is 0 Å². The zero-order valence-corrected chi connectivity index (χ0v) is 9.65. The second-order valence-electron chi connectivity index (χ2n) is 3.35. The fraction of sp³-hybridized carbons (Fsp3) is 0.100. The minimum absolute atomic E-state index is 0.238. The number of benzene rings is 1. The Balaban J connectivity index is 2.80. The zero-order valence-electron chi connectivity index (χ0n) is 8.84. The third-order valence-electron chi connectivity index (χ3n) is 2.22. The Morgan fingerprint density at radius 1 is 1.29 bits per heavy atom. The molecule has 0 saturated heterocycles. The molecule has 0 fully saturated rings. The molecule has 17 heavy (non-hydrogen) atoms. The van der Waals surface area contributed by atoms with Crippen LogP contribution in [0.4, 0.5) is 0 Å². The van der Waals surface area contributed by atoms with Crippen LogP contribution in [0.2, 0.25) is 0 Å². The van der Waals surface area contributed by atoms with Crippen molar-refractivity contribution in [3.8, 4) is 5.75 Å². The largest absolute Gasteiger partial charge is 0.497 e. The molecule has 7 heteroatoms. The lowest BCUT2D eigenvalue weighted by atomic mass is 10.2. The van der Waals surface area contributed by atoms with Gasteiger partial charge in [0.1, 0.15) is 11.3 Å². The standard InChI is InChI=1S/C10H9NO5S/c1-15-7-3-2-6-4-9(17(11,13)14)10(12)16-8(6)5-7/h2-5H,1H3,(H2,11,13,14). The molecule has 0 bridgehead atoms. The smallest absolute Gasteiger partial charge is 0.356 e. The molecule has 2 aromatic rings. The number of nitrogens with two attached hydrogens (primary N) is 1. The molecule has 0 spiro atoms. The van der Waals surface area contributed by atoms with Crippen molar-refractivity contribution >= 4 is 21.0 Å². The maximum Gasteiger partial charge on any atom is 0.356 e. The van der Waals surface area contributed by atoms with E-state index < -0.39 is 20.5 Å². The van der Waals surface area contributed by atoms with Crippen molar-refractivity contribution in [1.82, 2.24) is 0 Å². The van der Waals surface area contributed by atoms with Crippen molar-refractivity contribution in [3.05, 3.63) is 34.7 Å². The van der Waals surface area contributed by atoms with Crippen LogP contribution < -0.4 is 15.5 Å². The lowest BCUT2D eigenvalue weighted by Crippen LogP contribution is -2.20. The van der Waals surface area contributed by atoms with Crippen LogP contribution in [-0.4, -0.2) is 15.5 Å². The molecule has 0 radical (unpaired) electrons. The first-order chi connectivity index (χ1) is 7.91. The highest BCUT2D eigenvalue weighted by Crippen LogP contribution is 2.20. The summed E-state index contributed by atoms with van der Waals surface area (Å²) in [5.41, 5.74) is -0.755. The molecule has 90 valence electrons. The van der Waals surface area contributed by atoms with Gasteiger partial charge in [0.05, 0.1) is 7.11 Å². The second kappa shape index (κ2) is 3.86. The highest BCUT2D eigenvalue weighted by molar-refractivity contribution is 7.89. The average Bonchev–Trinajstić information content (AvgIpc) is 2.25. The maximum atomic E-state index is 11.4. The number of hydrogen-bond donors (Lipinski definition) is 1. The number of hydrogen-bond acceptors (Lipinski definition) is 5. The van der Waals surface area contributed by atoms with E-state index in [1.54, 1.807) is 12.1 Å². The molecule has 0 amide bonds. The Morgan fingerprint density at radius 3 is 2.59 bits per heavy atom. The van der Waals surface area contributed by atoms with Crippen molar-refractivity contribution in [1.29, 1.82) is 0 Å². The fourth-order valence-corrected chi connectivity index (χ4v) is 1.96. The van der Waals surface area contributed by atoms with Crippen molar-refractivity contribution in [2.45, 2.75) is 4.90 Å². The van der Waals surface area contributed by atoms with Crippen LogP contribution in [-0.2, 0) is 10.0 Å². The third-order valence-corrected chi connectivity index (χ3v) is 3.12. The number of methoxy groups -OCH3 is 1. The lowest BCUT2D eigenvalue weighted by molar-refractivity contribution is 0.414. The van der Waals surface area contributed by atoms with Gasteiger partial charge < -0.3 is 9.15 Å². The van der Waals surface area contributed by atoms with E-state index in [0.29, 0.717) is 11.1 Å². The van der Waals surface area contributed by atoms with E-state index in [4.69, 9.17) is 14.3 Å². The van der Waals surface area contributed by atoms with Gasteiger partial charge in [-0.1, -0.05) is 0 Å². The first-order valence-electron chi connectivity index (χ1n) is 4.56. The second-order valence-corrected chi connectivity index (χ2v) is 4.88. The molecule has 1 aromatic heterocycles. The molecule has 2 N–H and O–H groups in total. The average molecular weight is 255 g/mol. The van der Waals surface area contributed by atoms with Crippen LogP contribution in [0.1, 0.15) is 0 Å². The molecule has 0 unspecified atom stereocenters. The summed E-state index contributed by atoms with van der Waals surface area (Å²) < 4.78 is 32.0. The third kappa shape index (κ3) is 2.15. The minimum atomic E-state index is -4.08. The summed E-state index contributed by atoms with van der Waals surface area (Å²) in [7, 11) is -2.61. The van der Waals surface area contributed by atoms with Crippen molar-refractivity contribution < 1.29 is 17.6 Å². The molecular formula is C10H9NO5S. The quantitative estimate of drug-likeness (QED) is 0.785. The maximum absolute atomic E-state index is 11.4. The van der Waals surface area contributed by atoms with Gasteiger partial charge in [0.25, 0.3) is 0 Å². The summed E-state index contributed by atoms with van der Waals surface area (Å²) in [4.78, 5) is 10.9. The molecule has 1 aromatic carbocycles. The molecule has 0 atom stereocenters. The number of primary sulfonamides is 1. The topological polar surface area (TPSA) is 99.6 Å². The predicted octanol–water partition coefficient (Wildman–Crippen LogP) is 0.449. The van der Waals surface area contributed by atoms with E-state index in [9.17, 15) is 13.2 Å². The summed E-state index contributed by atoms with van der Waals surface area (Å²) in [5, 5.41) is 5.35. The number of sulfonamides is 1. The summed E-state index contributed by atoms with van der Waals surface area (Å²) in [6.07, 6.45) is 0. The van der Waals surface area contributed by atoms with Crippen molar-refractivity contribution in [2.24, 2.45) is 5.14 Å². The van der Waals surface area contributed by atoms with E-state index in [1.165, 1.54) is 19.2 Å². The minimum Gasteiger partial charge on any atom is -0.497 e. The Kier molecular flexibility index (Phi) is 2.64. The van der Waals surface area contributed by atoms with Gasteiger partial charge in [-0.15, -0.1) is 0 Å². The van der Waals surface area contributed by atoms with Crippen LogP contribution in [0.25, 0.3) is 11.0 Å². The highest BCUT2D eigenvalue weighted by Gasteiger charge is 2.16. The number of rotatable bonds is 2. The Hall–Kier alpha value is -1.86. The SMILES string of the molecule is COc1ccc2cc(S(N)(=O)=O)c(=O)oc2c1. The molecular weight excluding hydrogens is 246 g/mol. The summed E-state index contributed by atoms with van der Waals surface area (Å²) in [5.74, 6) is 0.504. The number of fused-ring (bicyclic) bond motifs is 1. The highest BCUT2D eigenvalue weighted by atomic mass is 32.2. The first kappa shape index (κ1) is 11.6. The van der Waals surface area contributed by atoms with Crippen LogP contribution in [0.15, 0.2) is 38.4 Å². The molecule has 0 saturated carbocycles. The van der Waals surface area contributed by atoms with Crippen LogP contribution in [0.5, 0.6) is 5.75 Å². The van der Waals surface area contributed by atoms with Crippen LogP contribution >= 0.6 is 0 Å². The lowest BCUT2D eigenvalue weighted by Gasteiger charge is -2.02. The Bertz CT molecular complexity index is 732. The van der Waals surface area contributed by atoms with Gasteiger partial charge in [-0.05, 0) is 18.2 Å². The van der Waals surface area contributed by atoms with E-state index >= 15 is 0 Å². The van der Waals surface area contributed by atoms with Gasteiger partial charge in [0.15, 0.2) is 4.90 Å². The summed E-state index contributed by atoms with van der Waals surface area (Å²) >= 11 is 0. The van der Waals surface area contributed by atoms with E-state index in [2.05, 4.69) is 0 Å². The van der Waals surface area contributed by atoms with Gasteiger partial charge in [-0.3, -0.25) is 0 Å². The molecule has 0 aliphatic heterocycles. The monoisotopic (exact) mass is 255 g/mol. The Morgan fingerprint density at radius 2 is 2.00 bits per heavy atom. The van der Waals surface area contributed by atoms with Crippen molar-refractivity contribution in [2.75, 3.05) is 7.11 Å². The Labute approximate surface area is 96.7 Å². The van der Waals surface area contributed by atoms with Crippen LogP contribution in [0.3, 0.4) is 0 Å². The molecule has 2 rings (SSSR count). The van der Waals surface area contributed by atoms with Crippen LogP contribution in [0, 0.1) is 0 Å². The van der Waals surface area contributed by atoms with E-state index in [1.807, 2.05) is 0 Å². The molecule has 6 nitrogen and oxygen atoms in total. The van der Waals surface area contributed by atoms with E-state index in [-0.39, 0.29) is 5.58 Å². The van der Waals surface area contributed by atoms with Gasteiger partial charge >= 0.3 is 5.63 Å². The number of ether oxygens (including phenoxy) is 1. The van der Waals surface area contributed by atoms with Gasteiger partial charge in [0, 0.05) is 11.5 Å². The molecule has 1 heterocycles. The fourth-order valence-electron chi connectivity index (χ4n) is 1.40. The van der Waals surface area contributed by atoms with Crippen molar-refractivity contribution in [3.63, 3.8) is 0 Å². The molecule has 0 aliphatic carbocycles. The van der Waals surface area contributed by atoms with Gasteiger partial charge in [-0.25, -0.2) is 18.4 Å². The van der Waals surface area contributed by atoms with Gasteiger partial charge in [-0.2, -0.15) is 0 Å². The summed E-state index contributed by atoms with van der Waals surface area (Å²) in [6.45, 7) is 0. The normalized spacial score (nSPS) is 11.6. The first-order valence-corrected chi connectivity index (χ1v) is 6.11. The summed E-state index contributed by atoms with van der Waals surface area (Å²) in [6, 6.07) is 5.86.